The van der Waals surface area contributed by atoms with E-state index >= 15 is 0 Å². The molecule has 3 rings (SSSR count). The molecule has 3 nitrogen and oxygen atoms in total. The van der Waals surface area contributed by atoms with Crippen molar-refractivity contribution in [3.8, 4) is 11.1 Å². The summed E-state index contributed by atoms with van der Waals surface area (Å²) in [5.74, 6) is 0.767. The van der Waals surface area contributed by atoms with Crippen LogP contribution in [0.3, 0.4) is 0 Å². The molecule has 1 atom stereocenters. The van der Waals surface area contributed by atoms with Crippen molar-refractivity contribution in [2.75, 3.05) is 18.1 Å². The number of likely N-dealkylation sites (N-methyl/N-ethyl adjacent to an activating group) is 1. The van der Waals surface area contributed by atoms with E-state index in [-0.39, 0.29) is 11.9 Å². The average molecular weight is 284 g/mol. The normalized spacial score (nSPS) is 18.1. The van der Waals surface area contributed by atoms with Gasteiger partial charge in [0.2, 0.25) is 5.91 Å². The van der Waals surface area contributed by atoms with Crippen LogP contribution in [-0.2, 0) is 4.79 Å². The van der Waals surface area contributed by atoms with Crippen molar-refractivity contribution in [3.63, 3.8) is 0 Å². The van der Waals surface area contributed by atoms with Crippen molar-refractivity contribution >= 4 is 23.4 Å². The van der Waals surface area contributed by atoms with Gasteiger partial charge in [-0.05, 0) is 24.2 Å². The Hall–Kier alpha value is -1.78. The predicted octanol–water partition coefficient (Wildman–Crippen LogP) is 2.99. The molecule has 4 heteroatoms. The lowest BCUT2D eigenvalue weighted by Crippen LogP contribution is -2.39. The van der Waals surface area contributed by atoms with Crippen LogP contribution in [0.5, 0.6) is 0 Å². The Kier molecular flexibility index (Phi) is 3.76. The molecule has 0 spiro atoms. The molecule has 0 radical (unpaired) electrons. The van der Waals surface area contributed by atoms with Crippen molar-refractivity contribution in [1.29, 1.82) is 0 Å². The van der Waals surface area contributed by atoms with Crippen LogP contribution in [0, 0.1) is 0 Å². The quantitative estimate of drug-likeness (QED) is 0.891. The first-order chi connectivity index (χ1) is 9.79. The Morgan fingerprint density at radius 2 is 1.95 bits per heavy atom. The highest BCUT2D eigenvalue weighted by atomic mass is 32.2. The molecule has 0 unspecified atom stereocenters. The summed E-state index contributed by atoms with van der Waals surface area (Å²) in [6, 6.07) is 16.2. The number of thioether (sulfide) groups is 1. The molecule has 0 saturated carbocycles. The second-order valence-corrected chi connectivity index (χ2v) is 5.72. The zero-order chi connectivity index (χ0) is 13.9. The summed E-state index contributed by atoms with van der Waals surface area (Å²) in [6.07, 6.45) is 0. The molecule has 0 saturated heterocycles. The average Bonchev–Trinajstić information content (AvgIpc) is 2.65. The number of rotatable bonds is 2. The van der Waals surface area contributed by atoms with Crippen molar-refractivity contribution < 1.29 is 4.79 Å². The molecule has 1 aliphatic rings. The maximum absolute atomic E-state index is 12.1. The Bertz CT molecular complexity index is 628. The fourth-order valence-electron chi connectivity index (χ4n) is 2.31. The minimum Gasteiger partial charge on any atom is -0.324 e. The topological polar surface area (TPSA) is 41.1 Å². The minimum absolute atomic E-state index is 0.0314. The number of carbonyl (C=O) groups is 1. The van der Waals surface area contributed by atoms with Gasteiger partial charge in [0, 0.05) is 10.6 Å². The van der Waals surface area contributed by atoms with Gasteiger partial charge >= 0.3 is 0 Å². The van der Waals surface area contributed by atoms with Gasteiger partial charge in [-0.2, -0.15) is 0 Å². The van der Waals surface area contributed by atoms with E-state index < -0.39 is 0 Å². The SMILES string of the molecule is CN[C@H]1CSc2c(cccc2-c2ccccc2)NC1=O. The first-order valence-electron chi connectivity index (χ1n) is 6.59. The summed E-state index contributed by atoms with van der Waals surface area (Å²) in [5, 5.41) is 6.07. The number of hydrogen-bond donors (Lipinski definition) is 2. The van der Waals surface area contributed by atoms with Gasteiger partial charge < -0.3 is 10.6 Å². The molecule has 1 aliphatic heterocycles. The molecule has 0 bridgehead atoms. The number of carbonyl (C=O) groups excluding carboxylic acids is 1. The molecule has 2 N–H and O–H groups in total. The highest BCUT2D eigenvalue weighted by Crippen LogP contribution is 2.39. The first kappa shape index (κ1) is 13.2. The van der Waals surface area contributed by atoms with E-state index in [2.05, 4.69) is 28.8 Å². The highest BCUT2D eigenvalue weighted by Gasteiger charge is 2.24. The van der Waals surface area contributed by atoms with Gasteiger partial charge in [0.1, 0.15) is 0 Å². The maximum Gasteiger partial charge on any atom is 0.242 e. The number of fused-ring (bicyclic) bond motifs is 1. The number of nitrogens with one attached hydrogen (secondary N) is 2. The molecular weight excluding hydrogens is 268 g/mol. The summed E-state index contributed by atoms with van der Waals surface area (Å²) in [4.78, 5) is 13.2. The van der Waals surface area contributed by atoms with E-state index in [1.165, 1.54) is 11.1 Å². The molecule has 102 valence electrons. The fourth-order valence-corrected chi connectivity index (χ4v) is 3.58. The monoisotopic (exact) mass is 284 g/mol. The second kappa shape index (κ2) is 5.69. The van der Waals surface area contributed by atoms with Crippen LogP contribution in [0.25, 0.3) is 11.1 Å². The fraction of sp³-hybridized carbons (Fsp3) is 0.188. The van der Waals surface area contributed by atoms with Crippen LogP contribution < -0.4 is 10.6 Å². The summed E-state index contributed by atoms with van der Waals surface area (Å²) in [5.41, 5.74) is 3.25. The second-order valence-electron chi connectivity index (χ2n) is 4.69. The van der Waals surface area contributed by atoms with Crippen LogP contribution in [0.1, 0.15) is 0 Å². The van der Waals surface area contributed by atoms with Crippen LogP contribution in [0.15, 0.2) is 53.4 Å². The first-order valence-corrected chi connectivity index (χ1v) is 7.57. The van der Waals surface area contributed by atoms with Gasteiger partial charge in [-0.25, -0.2) is 0 Å². The van der Waals surface area contributed by atoms with E-state index in [0.717, 1.165) is 16.3 Å². The van der Waals surface area contributed by atoms with Crippen molar-refractivity contribution in [2.24, 2.45) is 0 Å². The molecule has 2 aromatic rings. The predicted molar refractivity (Wildman–Crippen MR) is 84.1 cm³/mol. The van der Waals surface area contributed by atoms with Crippen molar-refractivity contribution in [2.45, 2.75) is 10.9 Å². The Morgan fingerprint density at radius 3 is 2.70 bits per heavy atom. The third-order valence-electron chi connectivity index (χ3n) is 3.42. The van der Waals surface area contributed by atoms with Crippen molar-refractivity contribution in [1.82, 2.24) is 5.32 Å². The van der Waals surface area contributed by atoms with E-state index in [9.17, 15) is 4.79 Å². The van der Waals surface area contributed by atoms with Gasteiger partial charge in [-0.1, -0.05) is 42.5 Å². The van der Waals surface area contributed by atoms with Gasteiger partial charge in [-0.15, -0.1) is 11.8 Å². The van der Waals surface area contributed by atoms with Gasteiger partial charge in [0.25, 0.3) is 0 Å². The molecule has 1 amide bonds. The van der Waals surface area contributed by atoms with E-state index in [4.69, 9.17) is 0 Å². The lowest BCUT2D eigenvalue weighted by Gasteiger charge is -2.11. The van der Waals surface area contributed by atoms with Crippen LogP contribution >= 0.6 is 11.8 Å². The molecule has 0 aliphatic carbocycles. The molecule has 20 heavy (non-hydrogen) atoms. The molecule has 2 aromatic carbocycles. The number of anilines is 1. The van der Waals surface area contributed by atoms with Gasteiger partial charge in [-0.3, -0.25) is 4.79 Å². The van der Waals surface area contributed by atoms with Crippen LogP contribution in [0.2, 0.25) is 0 Å². The standard InChI is InChI=1S/C16H16N2OS/c1-17-14-10-20-15-12(11-6-3-2-4-7-11)8-5-9-13(15)18-16(14)19/h2-9,14,17H,10H2,1H3,(H,18,19)/t14-/m0/s1. The molecular formula is C16H16N2OS. The maximum atomic E-state index is 12.1. The number of amides is 1. The number of hydrogen-bond acceptors (Lipinski definition) is 3. The zero-order valence-corrected chi connectivity index (χ0v) is 12.0. The van der Waals surface area contributed by atoms with Crippen LogP contribution in [0.4, 0.5) is 5.69 Å². The lowest BCUT2D eigenvalue weighted by atomic mass is 10.0. The molecule has 0 aromatic heterocycles. The minimum atomic E-state index is -0.156. The number of benzene rings is 2. The third kappa shape index (κ3) is 2.44. The van der Waals surface area contributed by atoms with E-state index in [1.54, 1.807) is 11.8 Å². The Balaban J connectivity index is 2.05. The summed E-state index contributed by atoms with van der Waals surface area (Å²) in [7, 11) is 1.82. The highest BCUT2D eigenvalue weighted by molar-refractivity contribution is 7.99. The van der Waals surface area contributed by atoms with Crippen LogP contribution in [-0.4, -0.2) is 24.7 Å². The van der Waals surface area contributed by atoms with Gasteiger partial charge in [0.05, 0.1) is 11.7 Å². The van der Waals surface area contributed by atoms with E-state index in [1.807, 2.05) is 37.4 Å². The lowest BCUT2D eigenvalue weighted by molar-refractivity contribution is -0.117. The van der Waals surface area contributed by atoms with Gasteiger partial charge in [0.15, 0.2) is 0 Å². The smallest absolute Gasteiger partial charge is 0.242 e. The Morgan fingerprint density at radius 1 is 1.15 bits per heavy atom. The van der Waals surface area contributed by atoms with E-state index in [0.29, 0.717) is 0 Å². The summed E-state index contributed by atoms with van der Waals surface area (Å²) in [6.45, 7) is 0. The molecule has 0 fully saturated rings. The Labute approximate surface area is 122 Å². The molecule has 1 heterocycles. The van der Waals surface area contributed by atoms with Crippen molar-refractivity contribution in [3.05, 3.63) is 48.5 Å². The zero-order valence-electron chi connectivity index (χ0n) is 11.2. The third-order valence-corrected chi connectivity index (χ3v) is 4.65. The summed E-state index contributed by atoms with van der Waals surface area (Å²) < 4.78 is 0. The largest absolute Gasteiger partial charge is 0.324 e. The summed E-state index contributed by atoms with van der Waals surface area (Å²) >= 11 is 1.72.